The molecule has 9 nitrogen and oxygen atoms in total. The Labute approximate surface area is 227 Å². The molecule has 1 aliphatic heterocycles. The van der Waals surface area contributed by atoms with Crippen LogP contribution in [0, 0.1) is 18.9 Å². The third-order valence-corrected chi connectivity index (χ3v) is 8.37. The molecule has 3 amide bonds. The Bertz CT molecular complexity index is 1260. The van der Waals surface area contributed by atoms with E-state index in [1.54, 1.807) is 11.3 Å². The highest BCUT2D eigenvalue weighted by Crippen LogP contribution is 2.40. The molecule has 10 heteroatoms. The summed E-state index contributed by atoms with van der Waals surface area (Å²) in [7, 11) is 0. The summed E-state index contributed by atoms with van der Waals surface area (Å²) in [6.45, 7) is 16.7. The number of aromatic nitrogens is 1. The highest BCUT2D eigenvalue weighted by atomic mass is 32.1. The molecule has 0 radical (unpaired) electrons. The number of hydrogen-bond donors (Lipinski definition) is 3. The first kappa shape index (κ1) is 27.7. The predicted octanol–water partition coefficient (Wildman–Crippen LogP) is 3.24. The molecule has 4 atom stereocenters. The number of aliphatic hydroxyl groups is 1. The molecule has 2 aliphatic rings. The van der Waals surface area contributed by atoms with Crippen molar-refractivity contribution in [2.24, 2.45) is 5.41 Å². The lowest BCUT2D eigenvalue weighted by molar-refractivity contribution is -0.144. The number of aryl methyl sites for hydroxylation is 1. The molecule has 1 aliphatic carbocycles. The van der Waals surface area contributed by atoms with Gasteiger partial charge in [-0.1, -0.05) is 45.0 Å². The number of thiazole rings is 1. The van der Waals surface area contributed by atoms with E-state index in [2.05, 4.69) is 20.5 Å². The van der Waals surface area contributed by atoms with Crippen LogP contribution in [0.2, 0.25) is 0 Å². The van der Waals surface area contributed by atoms with Gasteiger partial charge in [-0.2, -0.15) is 0 Å². The Morgan fingerprint density at radius 1 is 1.21 bits per heavy atom. The molecule has 3 N–H and O–H groups in total. The molecule has 0 spiro atoms. The first-order chi connectivity index (χ1) is 17.9. The first-order valence-corrected chi connectivity index (χ1v) is 13.7. The zero-order valence-corrected chi connectivity index (χ0v) is 23.3. The van der Waals surface area contributed by atoms with Crippen molar-refractivity contribution < 1.29 is 19.5 Å². The summed E-state index contributed by atoms with van der Waals surface area (Å²) < 4.78 is 0. The van der Waals surface area contributed by atoms with Crippen LogP contribution in [0.1, 0.15) is 64.3 Å². The SMILES string of the molecule is [C-]#[N+]C1(C(=O)N[C@H](C(=O)N2C[C@H](O)C[C@H]2C(=O)N[C@@H](C)c2ccc(-c3scnc3C)cc2)C(C)(C)C)CC1. The van der Waals surface area contributed by atoms with Crippen molar-refractivity contribution in [1.29, 1.82) is 0 Å². The fourth-order valence-corrected chi connectivity index (χ4v) is 5.60. The average molecular weight is 538 g/mol. The van der Waals surface area contributed by atoms with Gasteiger partial charge < -0.3 is 20.6 Å². The minimum atomic E-state index is -1.09. The van der Waals surface area contributed by atoms with E-state index in [0.29, 0.717) is 12.8 Å². The monoisotopic (exact) mass is 537 g/mol. The van der Waals surface area contributed by atoms with E-state index in [-0.39, 0.29) is 24.9 Å². The van der Waals surface area contributed by atoms with Gasteiger partial charge in [0.15, 0.2) is 0 Å². The Kier molecular flexibility index (Phi) is 7.64. The van der Waals surface area contributed by atoms with E-state index in [9.17, 15) is 19.5 Å². The average Bonchev–Trinajstić information content (AvgIpc) is 3.40. The van der Waals surface area contributed by atoms with Gasteiger partial charge in [0.1, 0.15) is 12.1 Å². The quantitative estimate of drug-likeness (QED) is 0.469. The van der Waals surface area contributed by atoms with E-state index in [0.717, 1.165) is 21.7 Å². The topological polar surface area (TPSA) is 116 Å². The van der Waals surface area contributed by atoms with Crippen LogP contribution >= 0.6 is 11.3 Å². The van der Waals surface area contributed by atoms with Gasteiger partial charge in [-0.05, 0) is 30.4 Å². The van der Waals surface area contributed by atoms with E-state index < -0.39 is 41.0 Å². The smallest absolute Gasteiger partial charge is 0.309 e. The van der Waals surface area contributed by atoms with Crippen LogP contribution in [0.3, 0.4) is 0 Å². The molecule has 1 aromatic carbocycles. The Hall–Kier alpha value is -3.29. The van der Waals surface area contributed by atoms with Gasteiger partial charge in [0.25, 0.3) is 0 Å². The number of benzene rings is 1. The second-order valence-electron chi connectivity index (χ2n) is 11.4. The lowest BCUT2D eigenvalue weighted by Crippen LogP contribution is -2.59. The summed E-state index contributed by atoms with van der Waals surface area (Å²) in [5, 5.41) is 16.2. The Morgan fingerprint density at radius 2 is 1.87 bits per heavy atom. The molecule has 2 aromatic rings. The summed E-state index contributed by atoms with van der Waals surface area (Å²) in [5.74, 6) is -1.24. The van der Waals surface area contributed by atoms with Gasteiger partial charge in [-0.3, -0.25) is 19.2 Å². The van der Waals surface area contributed by atoms with E-state index in [4.69, 9.17) is 6.57 Å². The number of amides is 3. The van der Waals surface area contributed by atoms with E-state index in [1.165, 1.54) is 4.90 Å². The van der Waals surface area contributed by atoms with Crippen LogP contribution in [0.5, 0.6) is 0 Å². The van der Waals surface area contributed by atoms with Crippen molar-refractivity contribution in [3.8, 4) is 10.4 Å². The number of nitrogens with zero attached hydrogens (tertiary/aromatic N) is 3. The molecule has 2 fully saturated rings. The first-order valence-electron chi connectivity index (χ1n) is 12.9. The van der Waals surface area contributed by atoms with Crippen LogP contribution in [0.25, 0.3) is 15.3 Å². The van der Waals surface area contributed by atoms with Crippen LogP contribution < -0.4 is 10.6 Å². The van der Waals surface area contributed by atoms with Crippen LogP contribution in [-0.2, 0) is 14.4 Å². The maximum absolute atomic E-state index is 13.7. The van der Waals surface area contributed by atoms with Crippen molar-refractivity contribution in [3.63, 3.8) is 0 Å². The largest absolute Gasteiger partial charge is 0.391 e. The summed E-state index contributed by atoms with van der Waals surface area (Å²) >= 11 is 1.58. The van der Waals surface area contributed by atoms with Crippen molar-refractivity contribution in [2.45, 2.75) is 83.6 Å². The lowest BCUT2D eigenvalue weighted by Gasteiger charge is -2.35. The highest BCUT2D eigenvalue weighted by molar-refractivity contribution is 7.13. The van der Waals surface area contributed by atoms with Gasteiger partial charge in [-0.25, -0.2) is 11.6 Å². The number of β-amino-alcohol motifs (C(OH)–C–C–N with tert-alkyl or cyclic N) is 1. The summed E-state index contributed by atoms with van der Waals surface area (Å²) in [6.07, 6.45) is 0.221. The molecule has 1 saturated heterocycles. The maximum atomic E-state index is 13.7. The number of hydrogen-bond acceptors (Lipinski definition) is 6. The molecule has 202 valence electrons. The molecule has 0 unspecified atom stereocenters. The van der Waals surface area contributed by atoms with Gasteiger partial charge in [0.2, 0.25) is 11.8 Å². The molecule has 1 aromatic heterocycles. The van der Waals surface area contributed by atoms with Crippen LogP contribution in [0.4, 0.5) is 0 Å². The summed E-state index contributed by atoms with van der Waals surface area (Å²) in [4.78, 5) is 50.1. The van der Waals surface area contributed by atoms with E-state index in [1.807, 2.05) is 64.4 Å². The van der Waals surface area contributed by atoms with Gasteiger partial charge in [0.05, 0.1) is 28.2 Å². The van der Waals surface area contributed by atoms with Crippen molar-refractivity contribution in [2.75, 3.05) is 6.54 Å². The van der Waals surface area contributed by atoms with Gasteiger partial charge >= 0.3 is 11.4 Å². The number of carbonyl (C=O) groups excluding carboxylic acids is 3. The lowest BCUT2D eigenvalue weighted by atomic mass is 9.85. The second kappa shape index (κ2) is 10.5. The molecular formula is C28H35N5O4S. The van der Waals surface area contributed by atoms with Crippen molar-refractivity contribution in [3.05, 3.63) is 52.5 Å². The third kappa shape index (κ3) is 5.59. The normalized spacial score (nSPS) is 21.8. The fraction of sp³-hybridized carbons (Fsp3) is 0.536. The number of nitrogens with one attached hydrogen (secondary N) is 2. The second-order valence-corrected chi connectivity index (χ2v) is 12.3. The Balaban J connectivity index is 1.46. The molecule has 38 heavy (non-hydrogen) atoms. The maximum Gasteiger partial charge on any atom is 0.309 e. The van der Waals surface area contributed by atoms with Crippen LogP contribution in [0.15, 0.2) is 29.8 Å². The fourth-order valence-electron chi connectivity index (χ4n) is 4.79. The molecule has 0 bridgehead atoms. The minimum Gasteiger partial charge on any atom is -0.391 e. The predicted molar refractivity (Wildman–Crippen MR) is 145 cm³/mol. The molecular weight excluding hydrogens is 502 g/mol. The number of aliphatic hydroxyl groups excluding tert-OH is 1. The highest BCUT2D eigenvalue weighted by Gasteiger charge is 2.59. The van der Waals surface area contributed by atoms with Crippen LogP contribution in [-0.4, -0.2) is 63.0 Å². The third-order valence-electron chi connectivity index (χ3n) is 7.39. The number of carbonyl (C=O) groups is 3. The van der Waals surface area contributed by atoms with Crippen molar-refractivity contribution >= 4 is 29.1 Å². The minimum absolute atomic E-state index is 0.00457. The zero-order valence-electron chi connectivity index (χ0n) is 22.4. The Morgan fingerprint density at radius 3 is 2.39 bits per heavy atom. The van der Waals surface area contributed by atoms with Gasteiger partial charge in [-0.15, -0.1) is 11.3 Å². The van der Waals surface area contributed by atoms with Crippen molar-refractivity contribution in [1.82, 2.24) is 20.5 Å². The molecule has 4 rings (SSSR count). The summed E-state index contributed by atoms with van der Waals surface area (Å²) in [6, 6.07) is 5.80. The number of rotatable bonds is 7. The van der Waals surface area contributed by atoms with E-state index >= 15 is 0 Å². The van der Waals surface area contributed by atoms with Gasteiger partial charge in [0, 0.05) is 25.8 Å². The standard InChI is InChI=1S/C28H35N5O4S/c1-16(18-7-9-19(10-8-18)22-17(2)30-15-38-22)31-24(35)21-13-20(34)14-33(21)25(36)23(27(3,4)5)32-26(37)28(29-6)11-12-28/h7-10,15-16,20-21,23,34H,11-14H2,1-5H3,(H,31,35)(H,32,37)/t16-,20+,21-,23+/m0/s1. The summed E-state index contributed by atoms with van der Waals surface area (Å²) in [5.41, 5.74) is 3.01. The number of likely N-dealkylation sites (tertiary alicyclic amines) is 1. The molecule has 1 saturated carbocycles. The molecule has 2 heterocycles. The zero-order chi connectivity index (χ0) is 27.8.